The molecule has 2 amide bonds. The van der Waals surface area contributed by atoms with E-state index in [1.165, 1.54) is 23.5 Å². The van der Waals surface area contributed by atoms with Gasteiger partial charge in [0.05, 0.1) is 17.7 Å². The summed E-state index contributed by atoms with van der Waals surface area (Å²) in [4.78, 5) is 28.4. The van der Waals surface area contributed by atoms with Crippen LogP contribution in [0, 0.1) is 0 Å². The second-order valence-electron chi connectivity index (χ2n) is 6.30. The molecule has 1 aliphatic rings. The number of halogens is 3. The minimum absolute atomic E-state index is 0.0148. The highest BCUT2D eigenvalue weighted by molar-refractivity contribution is 7.13. The molecule has 2 aromatic rings. The molecule has 9 heteroatoms. The van der Waals surface area contributed by atoms with Crippen LogP contribution in [-0.4, -0.2) is 29.4 Å². The Morgan fingerprint density at radius 3 is 2.70 bits per heavy atom. The van der Waals surface area contributed by atoms with E-state index in [0.29, 0.717) is 29.2 Å². The summed E-state index contributed by atoms with van der Waals surface area (Å²) in [5, 5.41) is 7.71. The van der Waals surface area contributed by atoms with Crippen molar-refractivity contribution in [3.63, 3.8) is 0 Å². The van der Waals surface area contributed by atoms with E-state index in [1.807, 2.05) is 0 Å². The predicted molar refractivity (Wildman–Crippen MR) is 95.0 cm³/mol. The van der Waals surface area contributed by atoms with Crippen molar-refractivity contribution in [3.8, 4) is 10.6 Å². The van der Waals surface area contributed by atoms with Gasteiger partial charge in [0.15, 0.2) is 0 Å². The molecule has 1 aromatic carbocycles. The number of rotatable bonds is 4. The Kier molecular flexibility index (Phi) is 5.79. The molecule has 5 nitrogen and oxygen atoms in total. The normalized spacial score (nSPS) is 17.9. The molecule has 0 radical (unpaired) electrons. The van der Waals surface area contributed by atoms with Gasteiger partial charge >= 0.3 is 6.18 Å². The first-order valence-corrected chi connectivity index (χ1v) is 9.40. The number of nitrogens with one attached hydrogen (secondary N) is 2. The fraction of sp³-hybridized carbons (Fsp3) is 0.389. The van der Waals surface area contributed by atoms with E-state index in [4.69, 9.17) is 0 Å². The van der Waals surface area contributed by atoms with E-state index in [-0.39, 0.29) is 18.2 Å². The summed E-state index contributed by atoms with van der Waals surface area (Å²) in [6, 6.07) is 4.21. The molecule has 3 rings (SSSR count). The van der Waals surface area contributed by atoms with Crippen LogP contribution in [0.25, 0.3) is 10.6 Å². The molecular formula is C18H18F3N3O2S. The molecule has 0 unspecified atom stereocenters. The molecule has 0 saturated carbocycles. The Balaban J connectivity index is 1.62. The number of amides is 2. The van der Waals surface area contributed by atoms with Gasteiger partial charge in [-0.15, -0.1) is 11.3 Å². The van der Waals surface area contributed by atoms with E-state index in [1.54, 1.807) is 5.38 Å². The fourth-order valence-electron chi connectivity index (χ4n) is 2.81. The molecule has 144 valence electrons. The van der Waals surface area contributed by atoms with Gasteiger partial charge in [-0.3, -0.25) is 9.59 Å². The summed E-state index contributed by atoms with van der Waals surface area (Å²) in [6.07, 6.45) is -2.01. The summed E-state index contributed by atoms with van der Waals surface area (Å²) in [5.41, 5.74) is 0.355. The smallest absolute Gasteiger partial charge is 0.354 e. The van der Waals surface area contributed by atoms with E-state index in [2.05, 4.69) is 15.6 Å². The number of nitrogens with zero attached hydrogens (tertiary/aromatic N) is 1. The maximum absolute atomic E-state index is 12.6. The van der Waals surface area contributed by atoms with Crippen LogP contribution in [0.3, 0.4) is 0 Å². The number of thiazole rings is 1. The SMILES string of the molecule is O=C(Cc1csc(-c2ccc(C(F)(F)F)cc2)n1)N[C@@H]1CCCCNC1=O. The zero-order chi connectivity index (χ0) is 19.4. The third-order valence-electron chi connectivity index (χ3n) is 4.22. The summed E-state index contributed by atoms with van der Waals surface area (Å²) in [5.74, 6) is -0.481. The molecule has 0 bridgehead atoms. The largest absolute Gasteiger partial charge is 0.416 e. The molecule has 0 aliphatic carbocycles. The Morgan fingerprint density at radius 1 is 1.26 bits per heavy atom. The lowest BCUT2D eigenvalue weighted by molar-refractivity contribution is -0.137. The standard InChI is InChI=1S/C18H18F3N3O2S/c19-18(20,21)12-6-4-11(5-7-12)17-23-13(10-27-17)9-15(25)24-14-3-1-2-8-22-16(14)26/h4-7,10,14H,1-3,8-9H2,(H,22,26)(H,24,25)/t14-/m1/s1. The highest BCUT2D eigenvalue weighted by Crippen LogP contribution is 2.31. The van der Waals surface area contributed by atoms with Gasteiger partial charge in [-0.1, -0.05) is 12.1 Å². The topological polar surface area (TPSA) is 71.1 Å². The second kappa shape index (κ2) is 8.08. The first-order valence-electron chi connectivity index (χ1n) is 8.52. The zero-order valence-electron chi connectivity index (χ0n) is 14.3. The van der Waals surface area contributed by atoms with Gasteiger partial charge in [0.2, 0.25) is 11.8 Å². The molecule has 2 heterocycles. The fourth-order valence-corrected chi connectivity index (χ4v) is 3.64. The van der Waals surface area contributed by atoms with Gasteiger partial charge in [0.1, 0.15) is 11.0 Å². The number of hydrogen-bond acceptors (Lipinski definition) is 4. The molecular weight excluding hydrogens is 379 g/mol. The van der Waals surface area contributed by atoms with Crippen LogP contribution in [0.15, 0.2) is 29.6 Å². The maximum Gasteiger partial charge on any atom is 0.416 e. The van der Waals surface area contributed by atoms with E-state index >= 15 is 0 Å². The number of aromatic nitrogens is 1. The van der Waals surface area contributed by atoms with Gasteiger partial charge < -0.3 is 10.6 Å². The lowest BCUT2D eigenvalue weighted by Gasteiger charge is -2.14. The molecule has 1 atom stereocenters. The number of carbonyl (C=O) groups is 2. The molecule has 0 spiro atoms. The van der Waals surface area contributed by atoms with Gasteiger partial charge in [0, 0.05) is 17.5 Å². The van der Waals surface area contributed by atoms with Gasteiger partial charge in [-0.05, 0) is 31.4 Å². The van der Waals surface area contributed by atoms with Gasteiger partial charge in [-0.2, -0.15) is 13.2 Å². The highest BCUT2D eigenvalue weighted by Gasteiger charge is 2.30. The molecule has 1 aromatic heterocycles. The number of hydrogen-bond donors (Lipinski definition) is 2. The molecule has 27 heavy (non-hydrogen) atoms. The van der Waals surface area contributed by atoms with E-state index < -0.39 is 17.8 Å². The lowest BCUT2D eigenvalue weighted by atomic mass is 10.1. The predicted octanol–water partition coefficient (Wildman–Crippen LogP) is 3.16. The van der Waals surface area contributed by atoms with Crippen molar-refractivity contribution in [2.45, 2.75) is 37.9 Å². The van der Waals surface area contributed by atoms with Crippen molar-refractivity contribution in [2.75, 3.05) is 6.54 Å². The highest BCUT2D eigenvalue weighted by atomic mass is 32.1. The minimum Gasteiger partial charge on any atom is -0.354 e. The first-order chi connectivity index (χ1) is 12.8. The summed E-state index contributed by atoms with van der Waals surface area (Å²) >= 11 is 1.26. The second-order valence-corrected chi connectivity index (χ2v) is 7.16. The van der Waals surface area contributed by atoms with Crippen molar-refractivity contribution in [3.05, 3.63) is 40.9 Å². The molecule has 1 saturated heterocycles. The first kappa shape index (κ1) is 19.3. The summed E-state index contributed by atoms with van der Waals surface area (Å²) in [7, 11) is 0. The monoisotopic (exact) mass is 397 g/mol. The van der Waals surface area contributed by atoms with Crippen LogP contribution in [-0.2, 0) is 22.2 Å². The molecule has 1 fully saturated rings. The summed E-state index contributed by atoms with van der Waals surface area (Å²) in [6.45, 7) is 0.619. The van der Waals surface area contributed by atoms with Crippen LogP contribution < -0.4 is 10.6 Å². The van der Waals surface area contributed by atoms with Crippen molar-refractivity contribution < 1.29 is 22.8 Å². The minimum atomic E-state index is -4.38. The van der Waals surface area contributed by atoms with Gasteiger partial charge in [0.25, 0.3) is 0 Å². The van der Waals surface area contributed by atoms with E-state index in [0.717, 1.165) is 25.0 Å². The van der Waals surface area contributed by atoms with E-state index in [9.17, 15) is 22.8 Å². The van der Waals surface area contributed by atoms with Gasteiger partial charge in [-0.25, -0.2) is 4.98 Å². The molecule has 1 aliphatic heterocycles. The van der Waals surface area contributed by atoms with Crippen molar-refractivity contribution in [2.24, 2.45) is 0 Å². The Bertz CT molecular complexity index is 818. The van der Waals surface area contributed by atoms with Crippen LogP contribution in [0.4, 0.5) is 13.2 Å². The Morgan fingerprint density at radius 2 is 2.00 bits per heavy atom. The quantitative estimate of drug-likeness (QED) is 0.833. The Hall–Kier alpha value is -2.42. The van der Waals surface area contributed by atoms with Crippen LogP contribution >= 0.6 is 11.3 Å². The number of alkyl halides is 3. The lowest BCUT2D eigenvalue weighted by Crippen LogP contribution is -2.46. The maximum atomic E-state index is 12.6. The molecule has 2 N–H and O–H groups in total. The van der Waals surface area contributed by atoms with Crippen molar-refractivity contribution in [1.29, 1.82) is 0 Å². The summed E-state index contributed by atoms with van der Waals surface area (Å²) < 4.78 is 37.9. The zero-order valence-corrected chi connectivity index (χ0v) is 15.1. The Labute approximate surface area is 158 Å². The third kappa shape index (κ3) is 5.06. The van der Waals surface area contributed by atoms with Crippen molar-refractivity contribution >= 4 is 23.2 Å². The van der Waals surface area contributed by atoms with Crippen LogP contribution in [0.5, 0.6) is 0 Å². The average molecular weight is 397 g/mol. The average Bonchev–Trinajstić information content (AvgIpc) is 2.98. The third-order valence-corrected chi connectivity index (χ3v) is 5.16. The number of benzene rings is 1. The van der Waals surface area contributed by atoms with Crippen LogP contribution in [0.1, 0.15) is 30.5 Å². The van der Waals surface area contributed by atoms with Crippen LogP contribution in [0.2, 0.25) is 0 Å². The number of carbonyl (C=O) groups excluding carboxylic acids is 2. The van der Waals surface area contributed by atoms with Crippen molar-refractivity contribution in [1.82, 2.24) is 15.6 Å².